The molecular formula is C24H26N4O2. The first-order valence-electron chi connectivity index (χ1n) is 10.4. The van der Waals surface area contributed by atoms with Crippen LogP contribution >= 0.6 is 0 Å². The highest BCUT2D eigenvalue weighted by molar-refractivity contribution is 5.98. The molecule has 0 aliphatic carbocycles. The van der Waals surface area contributed by atoms with Crippen LogP contribution in [-0.4, -0.2) is 40.9 Å². The van der Waals surface area contributed by atoms with Gasteiger partial charge in [-0.25, -0.2) is 9.97 Å². The van der Waals surface area contributed by atoms with Crippen LogP contribution in [0.5, 0.6) is 5.75 Å². The van der Waals surface area contributed by atoms with Crippen molar-refractivity contribution in [2.24, 2.45) is 5.92 Å². The van der Waals surface area contributed by atoms with Crippen molar-refractivity contribution >= 4 is 11.6 Å². The summed E-state index contributed by atoms with van der Waals surface area (Å²) >= 11 is 0. The quantitative estimate of drug-likeness (QED) is 0.576. The lowest BCUT2D eigenvalue weighted by Gasteiger charge is -2.32. The van der Waals surface area contributed by atoms with Crippen LogP contribution in [0.3, 0.4) is 0 Å². The summed E-state index contributed by atoms with van der Waals surface area (Å²) in [4.78, 5) is 29.0. The van der Waals surface area contributed by atoms with Crippen molar-refractivity contribution in [3.8, 4) is 17.3 Å². The third-order valence-electron chi connectivity index (χ3n) is 5.59. The average Bonchev–Trinajstić information content (AvgIpc) is 2.84. The number of hydrogen-bond donors (Lipinski definition) is 0. The fraction of sp³-hybridized carbons (Fsp3) is 0.333. The molecule has 2 aromatic heterocycles. The molecule has 6 nitrogen and oxygen atoms in total. The number of benzene rings is 1. The van der Waals surface area contributed by atoms with E-state index in [1.165, 1.54) is 0 Å². The van der Waals surface area contributed by atoms with Crippen molar-refractivity contribution in [1.29, 1.82) is 0 Å². The van der Waals surface area contributed by atoms with E-state index in [4.69, 9.17) is 9.72 Å². The molecule has 0 bridgehead atoms. The van der Waals surface area contributed by atoms with Crippen LogP contribution in [-0.2, 0) is 6.42 Å². The van der Waals surface area contributed by atoms with Crippen LogP contribution in [0.15, 0.2) is 54.7 Å². The molecule has 3 aromatic rings. The number of aromatic nitrogens is 3. The van der Waals surface area contributed by atoms with E-state index in [-0.39, 0.29) is 11.7 Å². The number of piperidine rings is 1. The molecule has 30 heavy (non-hydrogen) atoms. The molecule has 1 fully saturated rings. The summed E-state index contributed by atoms with van der Waals surface area (Å²) < 4.78 is 5.18. The Balaban J connectivity index is 1.47. The third-order valence-corrected chi connectivity index (χ3v) is 5.59. The Labute approximate surface area is 177 Å². The van der Waals surface area contributed by atoms with Gasteiger partial charge in [-0.05, 0) is 55.7 Å². The Bertz CT molecular complexity index is 997. The van der Waals surface area contributed by atoms with Crippen LogP contribution in [0.4, 0.5) is 5.82 Å². The molecule has 1 saturated heterocycles. The van der Waals surface area contributed by atoms with E-state index in [9.17, 15) is 4.79 Å². The van der Waals surface area contributed by atoms with Crippen LogP contribution in [0.2, 0.25) is 0 Å². The maximum Gasteiger partial charge on any atom is 0.180 e. The lowest BCUT2D eigenvalue weighted by Crippen LogP contribution is -2.37. The maximum absolute atomic E-state index is 12.9. The second-order valence-electron chi connectivity index (χ2n) is 7.46. The molecule has 0 spiro atoms. The van der Waals surface area contributed by atoms with Gasteiger partial charge < -0.3 is 9.64 Å². The van der Waals surface area contributed by atoms with Gasteiger partial charge in [0.15, 0.2) is 11.6 Å². The molecule has 0 saturated carbocycles. The molecule has 1 aliphatic heterocycles. The molecule has 154 valence electrons. The van der Waals surface area contributed by atoms with E-state index in [1.54, 1.807) is 13.3 Å². The van der Waals surface area contributed by atoms with E-state index >= 15 is 0 Å². The second kappa shape index (κ2) is 9.03. The number of rotatable bonds is 6. The number of ether oxygens (including phenoxy) is 1. The minimum absolute atomic E-state index is 0.0392. The van der Waals surface area contributed by atoms with Gasteiger partial charge in [-0.15, -0.1) is 0 Å². The molecule has 0 amide bonds. The first-order chi connectivity index (χ1) is 14.7. The van der Waals surface area contributed by atoms with Crippen molar-refractivity contribution in [1.82, 2.24) is 15.0 Å². The first kappa shape index (κ1) is 20.0. The summed E-state index contributed by atoms with van der Waals surface area (Å²) in [5.74, 6) is 2.58. The number of Topliss-reactive ketones (excluding diaryl/α,β-unsaturated/α-hetero) is 1. The van der Waals surface area contributed by atoms with E-state index in [1.807, 2.05) is 42.5 Å². The van der Waals surface area contributed by atoms with Crippen molar-refractivity contribution in [2.45, 2.75) is 26.2 Å². The zero-order valence-corrected chi connectivity index (χ0v) is 17.4. The fourth-order valence-electron chi connectivity index (χ4n) is 3.80. The molecule has 1 aliphatic rings. The molecule has 1 aromatic carbocycles. The number of ketones is 1. The molecule has 0 unspecified atom stereocenters. The largest absolute Gasteiger partial charge is 0.497 e. The Morgan fingerprint density at radius 2 is 1.87 bits per heavy atom. The van der Waals surface area contributed by atoms with Gasteiger partial charge in [0.1, 0.15) is 17.3 Å². The van der Waals surface area contributed by atoms with Gasteiger partial charge in [-0.1, -0.05) is 13.0 Å². The summed E-state index contributed by atoms with van der Waals surface area (Å²) in [6.45, 7) is 3.69. The predicted octanol–water partition coefficient (Wildman–Crippen LogP) is 4.21. The summed E-state index contributed by atoms with van der Waals surface area (Å²) in [5.41, 5.74) is 2.53. The zero-order chi connectivity index (χ0) is 20.9. The van der Waals surface area contributed by atoms with Gasteiger partial charge in [0.25, 0.3) is 0 Å². The van der Waals surface area contributed by atoms with E-state index in [2.05, 4.69) is 27.9 Å². The van der Waals surface area contributed by atoms with Crippen LogP contribution in [0.25, 0.3) is 11.5 Å². The van der Waals surface area contributed by atoms with E-state index in [0.717, 1.165) is 60.9 Å². The topological polar surface area (TPSA) is 68.2 Å². The normalized spacial score (nSPS) is 14.5. The van der Waals surface area contributed by atoms with Crippen molar-refractivity contribution in [2.75, 3.05) is 25.1 Å². The lowest BCUT2D eigenvalue weighted by atomic mass is 9.89. The number of hydrogen-bond acceptors (Lipinski definition) is 6. The van der Waals surface area contributed by atoms with Crippen molar-refractivity contribution in [3.63, 3.8) is 0 Å². The summed E-state index contributed by atoms with van der Waals surface area (Å²) in [5, 5.41) is 0. The summed E-state index contributed by atoms with van der Waals surface area (Å²) in [7, 11) is 1.63. The minimum atomic E-state index is 0.0392. The number of methoxy groups -OCH3 is 1. The Kier molecular flexibility index (Phi) is 6.02. The van der Waals surface area contributed by atoms with E-state index < -0.39 is 0 Å². The Morgan fingerprint density at radius 3 is 2.50 bits per heavy atom. The van der Waals surface area contributed by atoms with Crippen molar-refractivity contribution < 1.29 is 9.53 Å². The highest BCUT2D eigenvalue weighted by Crippen LogP contribution is 2.27. The number of carbonyl (C=O) groups excluding carboxylic acids is 1. The molecule has 0 N–H and O–H groups in total. The number of pyridine rings is 1. The molecule has 4 rings (SSSR count). The molecule has 6 heteroatoms. The number of aryl methyl sites for hydroxylation is 1. The van der Waals surface area contributed by atoms with Gasteiger partial charge in [0.05, 0.1) is 7.11 Å². The number of nitrogens with zero attached hydrogens (tertiary/aromatic N) is 4. The van der Waals surface area contributed by atoms with E-state index in [0.29, 0.717) is 5.82 Å². The Morgan fingerprint density at radius 1 is 1.10 bits per heavy atom. The molecule has 0 radical (unpaired) electrons. The number of anilines is 1. The highest BCUT2D eigenvalue weighted by Gasteiger charge is 2.27. The minimum Gasteiger partial charge on any atom is -0.497 e. The fourth-order valence-corrected chi connectivity index (χ4v) is 3.80. The second-order valence-corrected chi connectivity index (χ2v) is 7.46. The smallest absolute Gasteiger partial charge is 0.180 e. The molecular weight excluding hydrogens is 376 g/mol. The van der Waals surface area contributed by atoms with Crippen molar-refractivity contribution in [3.05, 3.63) is 66.0 Å². The standard InChI is InChI=1S/C24H26N4O2/c1-3-19-16-22(27-24(26-19)21-6-4-5-13-25-21)28-14-11-18(12-15-28)23(29)17-7-9-20(30-2)10-8-17/h4-10,13,16,18H,3,11-12,14-15H2,1-2H3. The highest BCUT2D eigenvalue weighted by atomic mass is 16.5. The average molecular weight is 402 g/mol. The van der Waals surface area contributed by atoms with Crippen LogP contribution < -0.4 is 9.64 Å². The van der Waals surface area contributed by atoms with Gasteiger partial charge in [0, 0.05) is 42.5 Å². The van der Waals surface area contributed by atoms with Gasteiger partial charge in [0.2, 0.25) is 0 Å². The molecule has 0 atom stereocenters. The SMILES string of the molecule is CCc1cc(N2CCC(C(=O)c3ccc(OC)cc3)CC2)nc(-c2ccccn2)n1. The first-order valence-corrected chi connectivity index (χ1v) is 10.4. The molecule has 3 heterocycles. The van der Waals surface area contributed by atoms with Crippen LogP contribution in [0, 0.1) is 5.92 Å². The zero-order valence-electron chi connectivity index (χ0n) is 17.4. The predicted molar refractivity (Wildman–Crippen MR) is 117 cm³/mol. The summed E-state index contributed by atoms with van der Waals surface area (Å²) in [6.07, 6.45) is 4.22. The number of carbonyl (C=O) groups is 1. The monoisotopic (exact) mass is 402 g/mol. The maximum atomic E-state index is 12.9. The van der Waals surface area contributed by atoms with Gasteiger partial charge in [-0.2, -0.15) is 0 Å². The van der Waals surface area contributed by atoms with Gasteiger partial charge in [-0.3, -0.25) is 9.78 Å². The van der Waals surface area contributed by atoms with Gasteiger partial charge >= 0.3 is 0 Å². The third kappa shape index (κ3) is 4.32. The lowest BCUT2D eigenvalue weighted by molar-refractivity contribution is 0.0900. The Hall–Kier alpha value is -3.28. The summed E-state index contributed by atoms with van der Waals surface area (Å²) in [6, 6.07) is 15.2. The van der Waals surface area contributed by atoms with Crippen LogP contribution in [0.1, 0.15) is 35.8 Å².